The zero-order chi connectivity index (χ0) is 79.4. The number of nitrogens with one attached hydrogen (secondary N) is 4. The quantitative estimate of drug-likeness (QED) is 0.0335. The number of carbonyl (C=O) groups excluding carboxylic acids is 4. The van der Waals surface area contributed by atoms with Gasteiger partial charge in [-0.05, 0) is 84.9 Å². The van der Waals surface area contributed by atoms with Gasteiger partial charge in [-0.15, -0.1) is 45.3 Å². The van der Waals surface area contributed by atoms with Crippen molar-refractivity contribution in [1.29, 1.82) is 0 Å². The van der Waals surface area contributed by atoms with Crippen LogP contribution >= 0.6 is 68.5 Å². The Kier molecular flexibility index (Phi) is 24.0. The lowest BCUT2D eigenvalue weighted by atomic mass is 10.2. The van der Waals surface area contributed by atoms with Gasteiger partial charge in [0.05, 0.1) is 106 Å². The van der Waals surface area contributed by atoms with E-state index in [2.05, 4.69) is 41.7 Å². The van der Waals surface area contributed by atoms with Crippen LogP contribution < -0.4 is 32.7 Å². The minimum Gasteiger partial charge on any atom is -0.397 e. The molecule has 0 aliphatic heterocycles. The number of aryl methyl sites for hydroxylation is 4. The van der Waals surface area contributed by atoms with Gasteiger partial charge in [-0.25, -0.2) is 8.78 Å². The van der Waals surface area contributed by atoms with Gasteiger partial charge in [0.25, 0.3) is 35.0 Å². The summed E-state index contributed by atoms with van der Waals surface area (Å²) in [5.74, 6) is -3.89. The molecule has 0 aliphatic rings. The molecule has 0 fully saturated rings. The molecule has 12 aromatic rings. The van der Waals surface area contributed by atoms with E-state index in [0.29, 0.717) is 56.1 Å². The Morgan fingerprint density at radius 2 is 0.620 bits per heavy atom. The molecule has 4 amide bonds. The van der Waals surface area contributed by atoms with Gasteiger partial charge in [-0.2, -0.15) is 73.1 Å². The third-order valence-corrected chi connectivity index (χ3v) is 19.6. The Labute approximate surface area is 621 Å². The van der Waals surface area contributed by atoms with E-state index < -0.39 is 104 Å². The average molecular weight is 1630 g/mol. The van der Waals surface area contributed by atoms with E-state index in [4.69, 9.17) is 34.7 Å². The number of nitrogens with two attached hydrogens (primary N) is 2. The van der Waals surface area contributed by atoms with Crippen molar-refractivity contribution in [2.45, 2.75) is 24.7 Å². The summed E-state index contributed by atoms with van der Waals surface area (Å²) in [5, 5.41) is 46.7. The van der Waals surface area contributed by atoms with Crippen LogP contribution in [0.15, 0.2) is 146 Å². The molecule has 108 heavy (non-hydrogen) atoms. The fourth-order valence-corrected chi connectivity index (χ4v) is 13.9. The molecule has 8 N–H and O–H groups in total. The summed E-state index contributed by atoms with van der Waals surface area (Å²) in [7, 11) is 5.17. The molecule has 24 nitrogen and oxygen atoms in total. The second-order valence-electron chi connectivity index (χ2n) is 21.8. The van der Waals surface area contributed by atoms with Crippen LogP contribution in [0.5, 0.6) is 0 Å². The average Bonchev–Trinajstić information content (AvgIpc) is 1.66. The summed E-state index contributed by atoms with van der Waals surface area (Å²) in [6.07, 6.45) is -18.6. The minimum atomic E-state index is -4.73. The predicted octanol–water partition coefficient (Wildman–Crippen LogP) is 18.2. The van der Waals surface area contributed by atoms with Crippen LogP contribution in [0.3, 0.4) is 0 Å². The number of anilines is 6. The first-order valence-corrected chi connectivity index (χ1v) is 33.6. The Hall–Kier alpha value is -11.6. The summed E-state index contributed by atoms with van der Waals surface area (Å²) >= 11 is 15.1. The molecule has 8 heterocycles. The molecule has 0 aliphatic carbocycles. The highest BCUT2D eigenvalue weighted by atomic mass is 35.5. The lowest BCUT2D eigenvalue weighted by Crippen LogP contribution is -2.11. The first-order chi connectivity index (χ1) is 50.5. The van der Waals surface area contributed by atoms with E-state index in [1.165, 1.54) is 76.7 Å². The monoisotopic (exact) mass is 1630 g/mol. The maximum absolute atomic E-state index is 13.7. The number of rotatable bonds is 14. The molecule has 44 heteroatoms. The Morgan fingerprint density at radius 3 is 0.870 bits per heavy atom. The van der Waals surface area contributed by atoms with Crippen molar-refractivity contribution >= 4 is 138 Å². The number of para-hydroxylation sites is 4. The largest absolute Gasteiger partial charge is 0.435 e. The van der Waals surface area contributed by atoms with Crippen molar-refractivity contribution in [2.24, 2.45) is 28.2 Å². The molecular weight excluding hydrogens is 1590 g/mol. The van der Waals surface area contributed by atoms with E-state index >= 15 is 0 Å². The van der Waals surface area contributed by atoms with Gasteiger partial charge in [0, 0.05) is 40.3 Å². The van der Waals surface area contributed by atoms with Crippen molar-refractivity contribution in [3.8, 4) is 42.3 Å². The van der Waals surface area contributed by atoms with E-state index in [1.54, 1.807) is 54.6 Å². The van der Waals surface area contributed by atoms with E-state index in [0.717, 1.165) is 71.7 Å². The van der Waals surface area contributed by atoms with Crippen LogP contribution in [0, 0.1) is 31.9 Å². The predicted molar refractivity (Wildman–Crippen MR) is 376 cm³/mol. The maximum Gasteiger partial charge on any atom is 0.435 e. The Bertz CT molecular complexity index is 5100. The van der Waals surface area contributed by atoms with Crippen molar-refractivity contribution in [3.05, 3.63) is 230 Å². The first kappa shape index (κ1) is 80.5. The number of hydrogen-bond acceptors (Lipinski definition) is 18. The number of nitrogen functional groups attached to an aromatic ring is 2. The number of benzene rings is 4. The third kappa shape index (κ3) is 19.0. The normalized spacial score (nSPS) is 11.5. The highest BCUT2D eigenvalue weighted by Gasteiger charge is 2.40. The van der Waals surface area contributed by atoms with Crippen LogP contribution in [-0.4, -0.2) is 72.6 Å². The number of aromatic nitrogens is 8. The second kappa shape index (κ2) is 32.2. The minimum absolute atomic E-state index is 0.00841. The molecule has 0 spiro atoms. The van der Waals surface area contributed by atoms with Gasteiger partial charge in [0.15, 0.2) is 22.8 Å². The van der Waals surface area contributed by atoms with Gasteiger partial charge in [-0.3, -0.25) is 58.1 Å². The SMILES string of the molecule is Cn1nc(C(F)(F)F)cc1-c1sc(C(=O)Nc2ccccc2Cl)cc1N.Cn1nc(C(F)(F)F)cc1-c1sc(C(=O)Nc2ccccc2Cl)cc1[N+](=O)[O-].Cn1nc(C(F)(F)F)cc1-c1sc(C(=O)Nc2ccccc2F)cc1N.Cn1nc(C(F)(F)F)cc1-c1sc(C(=O)Nc2ccccc2F)cc1[N+](=O)[O-]. The molecule has 0 saturated heterocycles. The standard InChI is InChI=1S/C16H10ClF3N4O3S.C16H12ClF3N4OS.C16H10F4N4O3S.C16H12F4N4OS/c1-23-10(7-13(22-23)16(18,19)20)14-11(24(26)27)6-12(28-14)15(25)21-9-5-3-2-4-8(9)17;1-24-11(7-13(23-24)16(18,19)20)14-9(21)6-12(26-14)15(25)22-10-5-3-2-4-8(10)17;1-23-10(7-13(22-23)16(18,19)20)14-11(24(26)27)6-12(28-14)15(25)21-9-5-3-2-4-8(9)17;1-24-11(7-13(23-24)16(18,19)20)14-9(21)6-12(26-14)15(25)22-10-5-3-2-4-8(10)17/h2-7H,1H3,(H,21,25);2-7H,21H2,1H3,(H,22,25);2-7H,1H3,(H,21,25);2-7H,21H2,1H3,(H,22,25). The molecule has 12 rings (SSSR count). The van der Waals surface area contributed by atoms with Crippen molar-refractivity contribution in [3.63, 3.8) is 0 Å². The fourth-order valence-electron chi connectivity index (χ4n) is 9.32. The van der Waals surface area contributed by atoms with Crippen LogP contribution in [0.2, 0.25) is 10.0 Å². The highest BCUT2D eigenvalue weighted by Crippen LogP contribution is 2.45. The number of halogens is 16. The van der Waals surface area contributed by atoms with Gasteiger partial charge in [0.2, 0.25) is 0 Å². The summed E-state index contributed by atoms with van der Waals surface area (Å²) < 4.78 is 185. The first-order valence-electron chi connectivity index (χ1n) is 29.5. The smallest absolute Gasteiger partial charge is 0.397 e. The van der Waals surface area contributed by atoms with E-state index in [-0.39, 0.29) is 84.7 Å². The fraction of sp³-hybridized carbons (Fsp3) is 0.125. The molecule has 8 aromatic heterocycles. The van der Waals surface area contributed by atoms with Crippen LogP contribution in [0.4, 0.5) is 107 Å². The molecule has 0 unspecified atom stereocenters. The Balaban J connectivity index is 0.000000166. The van der Waals surface area contributed by atoms with Crippen LogP contribution in [0.1, 0.15) is 61.5 Å². The van der Waals surface area contributed by atoms with Gasteiger partial charge < -0.3 is 32.7 Å². The summed E-state index contributed by atoms with van der Waals surface area (Å²) in [4.78, 5) is 71.1. The van der Waals surface area contributed by atoms with Gasteiger partial charge in [-0.1, -0.05) is 71.7 Å². The maximum atomic E-state index is 13.7. The molecule has 4 aromatic carbocycles. The second-order valence-corrected chi connectivity index (χ2v) is 26.9. The van der Waals surface area contributed by atoms with Crippen molar-refractivity contribution in [2.75, 3.05) is 32.7 Å². The Morgan fingerprint density at radius 1 is 0.389 bits per heavy atom. The van der Waals surface area contributed by atoms with Gasteiger partial charge >= 0.3 is 24.7 Å². The number of amides is 4. The highest BCUT2D eigenvalue weighted by molar-refractivity contribution is 7.19. The lowest BCUT2D eigenvalue weighted by molar-refractivity contribution is -0.383. The summed E-state index contributed by atoms with van der Waals surface area (Å²) in [6.45, 7) is 0. The number of nitrogens with zero attached hydrogens (tertiary/aromatic N) is 10. The molecular formula is C64H44Cl2F14N16O8S4. The molecule has 564 valence electrons. The van der Waals surface area contributed by atoms with Gasteiger partial charge in [0.1, 0.15) is 21.4 Å². The number of hydrogen-bond donors (Lipinski definition) is 6. The zero-order valence-electron chi connectivity index (χ0n) is 54.4. The number of thiophene rings is 4. The lowest BCUT2D eigenvalue weighted by Gasteiger charge is -2.05. The van der Waals surface area contributed by atoms with E-state index in [9.17, 15) is 101 Å². The van der Waals surface area contributed by atoms with Crippen LogP contribution in [0.25, 0.3) is 42.3 Å². The zero-order valence-corrected chi connectivity index (χ0v) is 59.2. The number of nitro groups is 2. The van der Waals surface area contributed by atoms with E-state index in [1.807, 2.05) is 0 Å². The summed E-state index contributed by atoms with van der Waals surface area (Å²) in [6, 6.07) is 31.8. The number of carbonyl (C=O) groups is 4. The van der Waals surface area contributed by atoms with Crippen LogP contribution in [-0.2, 0) is 52.9 Å². The van der Waals surface area contributed by atoms with Crippen molar-refractivity contribution in [1.82, 2.24) is 39.1 Å². The van der Waals surface area contributed by atoms with Crippen molar-refractivity contribution < 1.29 is 90.5 Å². The topological polar surface area (TPSA) is 326 Å². The molecule has 0 atom stereocenters. The number of alkyl halides is 12. The molecule has 0 bridgehead atoms. The third-order valence-electron chi connectivity index (χ3n) is 14.3. The molecule has 0 radical (unpaired) electrons. The summed E-state index contributed by atoms with van der Waals surface area (Å²) in [5.41, 5.74) is 7.14. The molecule has 0 saturated carbocycles.